The summed E-state index contributed by atoms with van der Waals surface area (Å²) >= 11 is 0. The van der Waals surface area contributed by atoms with Crippen molar-refractivity contribution >= 4 is 9.84 Å². The normalized spacial score (nSPS) is 23.5. The molecule has 0 spiro atoms. The van der Waals surface area contributed by atoms with Gasteiger partial charge in [-0.25, -0.2) is 8.42 Å². The molecule has 1 aliphatic carbocycles. The first-order valence-electron chi connectivity index (χ1n) is 7.63. The molecule has 0 radical (unpaired) electrons. The number of ether oxygens (including phenoxy) is 1. The molecule has 0 amide bonds. The first-order valence-corrected chi connectivity index (χ1v) is 9.18. The van der Waals surface area contributed by atoms with Gasteiger partial charge in [-0.15, -0.1) is 0 Å². The Labute approximate surface area is 137 Å². The third-order valence-corrected chi connectivity index (χ3v) is 6.87. The first kappa shape index (κ1) is 16.0. The smallest absolute Gasteiger partial charge is 0.182 e. The molecule has 0 heterocycles. The Balaban J connectivity index is 1.90. The number of hydrogen-bond donors (Lipinski definition) is 1. The summed E-state index contributed by atoms with van der Waals surface area (Å²) in [4.78, 5) is 0.377. The van der Waals surface area contributed by atoms with Gasteiger partial charge in [0.25, 0.3) is 0 Å². The first-order chi connectivity index (χ1) is 11.0. The molecule has 3 atom stereocenters. The van der Waals surface area contributed by atoms with Crippen molar-refractivity contribution in [1.82, 2.24) is 0 Å². The van der Waals surface area contributed by atoms with Crippen LogP contribution in [0.1, 0.15) is 17.0 Å². The van der Waals surface area contributed by atoms with E-state index in [1.54, 1.807) is 19.2 Å². The zero-order valence-corrected chi connectivity index (χ0v) is 14.1. The van der Waals surface area contributed by atoms with Crippen LogP contribution in [-0.2, 0) is 9.84 Å². The number of aryl methyl sites for hydroxylation is 1. The summed E-state index contributed by atoms with van der Waals surface area (Å²) in [6, 6.07) is 14.6. The molecule has 0 aromatic heterocycles. The zero-order chi connectivity index (χ0) is 16.6. The number of sulfone groups is 1. The predicted octanol–water partition coefficient (Wildman–Crippen LogP) is 2.52. The van der Waals surface area contributed by atoms with Crippen LogP contribution in [0.15, 0.2) is 53.4 Å². The molecule has 2 aromatic carbocycles. The molecule has 5 heteroatoms. The van der Waals surface area contributed by atoms with Gasteiger partial charge in [0.2, 0.25) is 0 Å². The highest BCUT2D eigenvalue weighted by Gasteiger charge is 2.57. The minimum Gasteiger partial charge on any atom is -0.497 e. The van der Waals surface area contributed by atoms with Crippen LogP contribution >= 0.6 is 0 Å². The third-order valence-electron chi connectivity index (χ3n) is 4.58. The molecule has 0 unspecified atom stereocenters. The van der Waals surface area contributed by atoms with Gasteiger partial charge >= 0.3 is 0 Å². The second kappa shape index (κ2) is 5.98. The third kappa shape index (κ3) is 2.86. The van der Waals surface area contributed by atoms with Gasteiger partial charge in [0.15, 0.2) is 9.84 Å². The van der Waals surface area contributed by atoms with Gasteiger partial charge in [-0.05, 0) is 49.2 Å². The van der Waals surface area contributed by atoms with Crippen LogP contribution in [-0.4, -0.2) is 27.3 Å². The van der Waals surface area contributed by atoms with Gasteiger partial charge < -0.3 is 10.5 Å². The number of rotatable bonds is 5. The van der Waals surface area contributed by atoms with E-state index in [1.165, 1.54) is 0 Å². The summed E-state index contributed by atoms with van der Waals surface area (Å²) < 4.78 is 31.0. The molecule has 23 heavy (non-hydrogen) atoms. The predicted molar refractivity (Wildman–Crippen MR) is 90.4 cm³/mol. The lowest BCUT2D eigenvalue weighted by molar-refractivity contribution is 0.414. The Bertz CT molecular complexity index is 782. The van der Waals surface area contributed by atoms with Crippen molar-refractivity contribution in [2.45, 2.75) is 23.0 Å². The maximum atomic E-state index is 12.9. The largest absolute Gasteiger partial charge is 0.497 e. The molecule has 3 rings (SSSR count). The van der Waals surface area contributed by atoms with Gasteiger partial charge in [-0.1, -0.05) is 29.8 Å². The molecule has 1 fully saturated rings. The fourth-order valence-electron chi connectivity index (χ4n) is 3.19. The number of hydrogen-bond acceptors (Lipinski definition) is 4. The molecule has 4 nitrogen and oxygen atoms in total. The molecule has 0 bridgehead atoms. The maximum absolute atomic E-state index is 12.9. The van der Waals surface area contributed by atoms with E-state index in [9.17, 15) is 8.42 Å². The number of benzene rings is 2. The zero-order valence-electron chi connectivity index (χ0n) is 13.3. The van der Waals surface area contributed by atoms with E-state index < -0.39 is 15.1 Å². The highest BCUT2D eigenvalue weighted by Crippen LogP contribution is 2.53. The summed E-state index contributed by atoms with van der Waals surface area (Å²) in [7, 11) is -1.76. The molecular formula is C18H21NO3S. The average Bonchev–Trinajstić information content (AvgIpc) is 3.31. The maximum Gasteiger partial charge on any atom is 0.182 e. The van der Waals surface area contributed by atoms with Crippen LogP contribution in [0.5, 0.6) is 5.75 Å². The summed E-state index contributed by atoms with van der Waals surface area (Å²) in [6.45, 7) is 2.31. The Morgan fingerprint density at radius 3 is 2.17 bits per heavy atom. The van der Waals surface area contributed by atoms with E-state index in [2.05, 4.69) is 0 Å². The molecule has 0 aliphatic heterocycles. The van der Waals surface area contributed by atoms with Crippen molar-refractivity contribution in [2.75, 3.05) is 13.7 Å². The minimum atomic E-state index is -3.37. The molecular weight excluding hydrogens is 310 g/mol. The summed E-state index contributed by atoms with van der Waals surface area (Å²) in [5, 5.41) is -0.441. The summed E-state index contributed by atoms with van der Waals surface area (Å²) in [6.07, 6.45) is 0. The van der Waals surface area contributed by atoms with Crippen LogP contribution in [0.2, 0.25) is 0 Å². The fraction of sp³-hybridized carbons (Fsp3) is 0.333. The Morgan fingerprint density at radius 2 is 1.65 bits per heavy atom. The molecule has 1 saturated carbocycles. The van der Waals surface area contributed by atoms with E-state index in [1.807, 2.05) is 43.3 Å². The van der Waals surface area contributed by atoms with E-state index in [4.69, 9.17) is 10.5 Å². The van der Waals surface area contributed by atoms with Gasteiger partial charge in [0.1, 0.15) is 5.75 Å². The van der Waals surface area contributed by atoms with Gasteiger partial charge in [-0.2, -0.15) is 0 Å². The molecule has 2 N–H and O–H groups in total. The highest BCUT2D eigenvalue weighted by molar-refractivity contribution is 7.92. The quantitative estimate of drug-likeness (QED) is 0.914. The second-order valence-electron chi connectivity index (χ2n) is 6.02. The summed E-state index contributed by atoms with van der Waals surface area (Å²) in [5.74, 6) is 0.684. The van der Waals surface area contributed by atoms with Crippen molar-refractivity contribution in [3.63, 3.8) is 0 Å². The van der Waals surface area contributed by atoms with Crippen LogP contribution in [0.4, 0.5) is 0 Å². The lowest BCUT2D eigenvalue weighted by atomic mass is 10.1. The van der Waals surface area contributed by atoms with Crippen LogP contribution in [0.25, 0.3) is 0 Å². The van der Waals surface area contributed by atoms with Gasteiger partial charge in [0.05, 0.1) is 17.3 Å². The van der Waals surface area contributed by atoms with Crippen molar-refractivity contribution in [2.24, 2.45) is 11.7 Å². The minimum absolute atomic E-state index is 0.0327. The van der Waals surface area contributed by atoms with Crippen LogP contribution < -0.4 is 10.5 Å². The van der Waals surface area contributed by atoms with E-state index in [0.717, 1.165) is 16.9 Å². The summed E-state index contributed by atoms with van der Waals surface area (Å²) in [5.41, 5.74) is 7.86. The average molecular weight is 331 g/mol. The van der Waals surface area contributed by atoms with Crippen molar-refractivity contribution < 1.29 is 13.2 Å². The number of nitrogens with two attached hydrogens (primary N) is 1. The molecule has 1 aliphatic rings. The van der Waals surface area contributed by atoms with Crippen molar-refractivity contribution in [3.05, 3.63) is 59.7 Å². The van der Waals surface area contributed by atoms with Crippen LogP contribution in [0.3, 0.4) is 0 Å². The van der Waals surface area contributed by atoms with Gasteiger partial charge in [0, 0.05) is 5.92 Å². The molecule has 0 saturated heterocycles. The second-order valence-corrected chi connectivity index (χ2v) is 8.13. The van der Waals surface area contributed by atoms with Crippen molar-refractivity contribution in [3.8, 4) is 5.75 Å². The highest BCUT2D eigenvalue weighted by atomic mass is 32.2. The molecule has 2 aromatic rings. The standard InChI is InChI=1S/C18H21NO3S/c1-12-3-9-15(10-4-12)23(20,21)18-16(11-19)17(18)13-5-7-14(22-2)8-6-13/h3-10,16-18H,11,19H2,1-2H3/t16-,17-,18+/m1/s1. The lowest BCUT2D eigenvalue weighted by Gasteiger charge is -2.05. The van der Waals surface area contributed by atoms with Crippen molar-refractivity contribution in [1.29, 1.82) is 0 Å². The Morgan fingerprint density at radius 1 is 1.04 bits per heavy atom. The van der Waals surface area contributed by atoms with E-state index in [0.29, 0.717) is 11.4 Å². The topological polar surface area (TPSA) is 69.4 Å². The monoisotopic (exact) mass is 331 g/mol. The lowest BCUT2D eigenvalue weighted by Crippen LogP contribution is -2.13. The fourth-order valence-corrected chi connectivity index (χ4v) is 5.42. The van der Waals surface area contributed by atoms with Gasteiger partial charge in [-0.3, -0.25) is 0 Å². The Hall–Kier alpha value is -1.85. The van der Waals surface area contributed by atoms with Crippen LogP contribution in [0, 0.1) is 12.8 Å². The van der Waals surface area contributed by atoms with E-state index >= 15 is 0 Å². The SMILES string of the molecule is COc1ccc([C@@H]2[C@@H](CN)[C@@H]2S(=O)(=O)c2ccc(C)cc2)cc1. The Kier molecular flexibility index (Phi) is 4.17. The number of methoxy groups -OCH3 is 1. The van der Waals surface area contributed by atoms with E-state index in [-0.39, 0.29) is 11.8 Å². The molecule has 122 valence electrons.